The first-order valence-electron chi connectivity index (χ1n) is 9.32. The Balaban J connectivity index is 1.70. The van der Waals surface area contributed by atoms with Crippen molar-refractivity contribution in [3.8, 4) is 0 Å². The molecule has 0 spiro atoms. The number of ether oxygens (including phenoxy) is 2. The second-order valence-electron chi connectivity index (χ2n) is 6.85. The molecule has 4 atom stereocenters. The summed E-state index contributed by atoms with van der Waals surface area (Å²) in [7, 11) is 0. The summed E-state index contributed by atoms with van der Waals surface area (Å²) in [6.45, 7) is 5.27. The maximum atomic E-state index is 12.6. The second-order valence-corrected chi connectivity index (χ2v) is 6.85. The molecule has 138 valence electrons. The van der Waals surface area contributed by atoms with Crippen molar-refractivity contribution in [3.63, 3.8) is 0 Å². The Morgan fingerprint density at radius 2 is 1.77 bits per heavy atom. The summed E-state index contributed by atoms with van der Waals surface area (Å²) < 4.78 is 12.2. The van der Waals surface area contributed by atoms with Crippen LogP contribution in [0.4, 0.5) is 0 Å². The monoisotopic (exact) mass is 353 g/mol. The Labute approximate surface area is 155 Å². The molecule has 0 aromatic heterocycles. The third-order valence-electron chi connectivity index (χ3n) is 5.03. The zero-order chi connectivity index (χ0) is 18.4. The molecule has 2 aromatic carbocycles. The fourth-order valence-electron chi connectivity index (χ4n) is 3.54. The van der Waals surface area contributed by atoms with E-state index < -0.39 is 0 Å². The maximum Gasteiger partial charge on any atom is 0.251 e. The van der Waals surface area contributed by atoms with Crippen molar-refractivity contribution in [2.45, 2.75) is 45.1 Å². The number of rotatable bonds is 6. The lowest BCUT2D eigenvalue weighted by Crippen LogP contribution is -2.56. The van der Waals surface area contributed by atoms with Gasteiger partial charge in [0.2, 0.25) is 0 Å². The van der Waals surface area contributed by atoms with Gasteiger partial charge in [0.1, 0.15) is 0 Å². The summed E-state index contributed by atoms with van der Waals surface area (Å²) >= 11 is 0. The molecule has 1 aliphatic rings. The van der Waals surface area contributed by atoms with E-state index in [9.17, 15) is 4.79 Å². The lowest BCUT2D eigenvalue weighted by atomic mass is 9.88. The molecule has 1 N–H and O–H groups in total. The average molecular weight is 353 g/mol. The molecule has 4 nitrogen and oxygen atoms in total. The van der Waals surface area contributed by atoms with E-state index in [2.05, 4.69) is 31.3 Å². The van der Waals surface area contributed by atoms with Gasteiger partial charge in [-0.3, -0.25) is 4.79 Å². The highest BCUT2D eigenvalue weighted by Crippen LogP contribution is 2.27. The molecule has 1 fully saturated rings. The molecular formula is C22H27NO3. The highest BCUT2D eigenvalue weighted by molar-refractivity contribution is 5.94. The first-order chi connectivity index (χ1) is 12.7. The van der Waals surface area contributed by atoms with E-state index in [4.69, 9.17) is 9.47 Å². The van der Waals surface area contributed by atoms with Crippen molar-refractivity contribution in [1.29, 1.82) is 0 Å². The Bertz CT molecular complexity index is 689. The molecule has 26 heavy (non-hydrogen) atoms. The van der Waals surface area contributed by atoms with Gasteiger partial charge in [-0.1, -0.05) is 62.4 Å². The maximum absolute atomic E-state index is 12.6. The number of carbonyl (C=O) groups is 1. The van der Waals surface area contributed by atoms with Gasteiger partial charge in [0, 0.05) is 11.5 Å². The van der Waals surface area contributed by atoms with E-state index in [-0.39, 0.29) is 30.1 Å². The van der Waals surface area contributed by atoms with Crippen molar-refractivity contribution >= 4 is 5.91 Å². The van der Waals surface area contributed by atoms with Gasteiger partial charge in [0.25, 0.3) is 5.91 Å². The molecule has 3 rings (SSSR count). The first-order valence-corrected chi connectivity index (χ1v) is 9.32. The summed E-state index contributed by atoms with van der Waals surface area (Å²) in [6, 6.07) is 19.2. The predicted octanol–water partition coefficient (Wildman–Crippen LogP) is 3.82. The normalized spacial score (nSPS) is 25.6. The highest BCUT2D eigenvalue weighted by Gasteiger charge is 2.38. The molecule has 1 amide bonds. The largest absolute Gasteiger partial charge is 0.376 e. The molecule has 0 unspecified atom stereocenters. The van der Waals surface area contributed by atoms with Crippen LogP contribution in [-0.4, -0.2) is 30.8 Å². The van der Waals surface area contributed by atoms with Crippen LogP contribution in [0.3, 0.4) is 0 Å². The van der Waals surface area contributed by atoms with Crippen molar-refractivity contribution in [1.82, 2.24) is 5.32 Å². The van der Waals surface area contributed by atoms with Crippen LogP contribution >= 0.6 is 0 Å². The van der Waals surface area contributed by atoms with E-state index >= 15 is 0 Å². The molecule has 1 aliphatic heterocycles. The molecule has 1 heterocycles. The van der Waals surface area contributed by atoms with Gasteiger partial charge in [-0.05, 0) is 24.1 Å². The van der Waals surface area contributed by atoms with Gasteiger partial charge in [0.15, 0.2) is 0 Å². The fraction of sp³-hybridized carbons (Fsp3) is 0.409. The number of amides is 1. The van der Waals surface area contributed by atoms with Crippen LogP contribution in [0.5, 0.6) is 0 Å². The molecule has 0 aliphatic carbocycles. The van der Waals surface area contributed by atoms with Crippen molar-refractivity contribution in [2.75, 3.05) is 6.61 Å². The summed E-state index contributed by atoms with van der Waals surface area (Å²) in [6.07, 6.45) is 1.01. The third-order valence-corrected chi connectivity index (χ3v) is 5.03. The van der Waals surface area contributed by atoms with Crippen LogP contribution in [0.2, 0.25) is 0 Å². The van der Waals surface area contributed by atoms with Crippen LogP contribution < -0.4 is 5.32 Å². The highest BCUT2D eigenvalue weighted by atomic mass is 16.5. The SMILES string of the molecule is CC[C@H]1OC[C@H](NC(=O)c2ccccc2)[C@@H](OCc2ccccc2)[C@H]1C. The number of hydrogen-bond acceptors (Lipinski definition) is 3. The van der Waals surface area contributed by atoms with E-state index in [0.29, 0.717) is 18.8 Å². The van der Waals surface area contributed by atoms with Gasteiger partial charge in [-0.15, -0.1) is 0 Å². The minimum Gasteiger partial charge on any atom is -0.376 e. The zero-order valence-electron chi connectivity index (χ0n) is 15.4. The number of hydrogen-bond donors (Lipinski definition) is 1. The standard InChI is InChI=1S/C22H27NO3/c1-3-20-16(2)21(26-14-17-10-6-4-7-11-17)19(15-25-20)23-22(24)18-12-8-5-9-13-18/h4-13,16,19-21H,3,14-15H2,1-2H3,(H,23,24)/t16-,19-,20+,21-/m0/s1. The Kier molecular flexibility index (Phi) is 6.42. The number of nitrogens with one attached hydrogen (secondary N) is 1. The van der Waals surface area contributed by atoms with Crippen LogP contribution in [0.25, 0.3) is 0 Å². The van der Waals surface area contributed by atoms with E-state index in [1.165, 1.54) is 0 Å². The van der Waals surface area contributed by atoms with Crippen molar-refractivity contribution < 1.29 is 14.3 Å². The summed E-state index contributed by atoms with van der Waals surface area (Å²) in [5, 5.41) is 3.11. The van der Waals surface area contributed by atoms with Crippen LogP contribution in [0.15, 0.2) is 60.7 Å². The minimum absolute atomic E-state index is 0.0819. The predicted molar refractivity (Wildman–Crippen MR) is 102 cm³/mol. The number of carbonyl (C=O) groups excluding carboxylic acids is 1. The third kappa shape index (κ3) is 4.51. The summed E-state index contributed by atoms with van der Waals surface area (Å²) in [4.78, 5) is 12.6. The van der Waals surface area contributed by atoms with Gasteiger partial charge >= 0.3 is 0 Å². The van der Waals surface area contributed by atoms with Crippen molar-refractivity contribution in [3.05, 3.63) is 71.8 Å². The average Bonchev–Trinajstić information content (AvgIpc) is 2.69. The van der Waals surface area contributed by atoms with Gasteiger partial charge in [0.05, 0.1) is 31.5 Å². The molecular weight excluding hydrogens is 326 g/mol. The smallest absolute Gasteiger partial charge is 0.251 e. The minimum atomic E-state index is -0.163. The topological polar surface area (TPSA) is 47.6 Å². The molecule has 2 aromatic rings. The van der Waals surface area contributed by atoms with Crippen LogP contribution in [0.1, 0.15) is 36.2 Å². The number of benzene rings is 2. The molecule has 1 saturated heterocycles. The first kappa shape index (κ1) is 18.6. The van der Waals surface area contributed by atoms with Crippen LogP contribution in [0, 0.1) is 5.92 Å². The zero-order valence-corrected chi connectivity index (χ0v) is 15.4. The van der Waals surface area contributed by atoms with E-state index in [1.807, 2.05) is 48.5 Å². The molecule has 0 bridgehead atoms. The fourth-order valence-corrected chi connectivity index (χ4v) is 3.54. The molecule has 0 radical (unpaired) electrons. The van der Waals surface area contributed by atoms with Gasteiger partial charge < -0.3 is 14.8 Å². The van der Waals surface area contributed by atoms with Gasteiger partial charge in [-0.25, -0.2) is 0 Å². The molecule has 4 heteroatoms. The Morgan fingerprint density at radius 1 is 1.12 bits per heavy atom. The Hall–Kier alpha value is -2.17. The second kappa shape index (κ2) is 8.97. The molecule has 0 saturated carbocycles. The quantitative estimate of drug-likeness (QED) is 0.859. The van der Waals surface area contributed by atoms with E-state index in [1.54, 1.807) is 0 Å². The van der Waals surface area contributed by atoms with Crippen molar-refractivity contribution in [2.24, 2.45) is 5.92 Å². The lowest BCUT2D eigenvalue weighted by Gasteiger charge is -2.41. The Morgan fingerprint density at radius 3 is 2.42 bits per heavy atom. The van der Waals surface area contributed by atoms with E-state index in [0.717, 1.165) is 12.0 Å². The van der Waals surface area contributed by atoms with Crippen LogP contribution in [-0.2, 0) is 16.1 Å². The van der Waals surface area contributed by atoms with Gasteiger partial charge in [-0.2, -0.15) is 0 Å². The lowest BCUT2D eigenvalue weighted by molar-refractivity contribution is -0.133. The summed E-state index contributed by atoms with van der Waals surface area (Å²) in [5.41, 5.74) is 1.78. The summed E-state index contributed by atoms with van der Waals surface area (Å²) in [5.74, 6) is 0.119.